The monoisotopic (exact) mass is 296 g/mol. The first-order chi connectivity index (χ1) is 10.7. The molecule has 0 aliphatic heterocycles. The molecule has 0 spiro atoms. The summed E-state index contributed by atoms with van der Waals surface area (Å²) in [6.45, 7) is 0.609. The molecule has 2 N–H and O–H groups in total. The minimum Gasteiger partial charge on any atom is -0.351 e. The van der Waals surface area contributed by atoms with Crippen molar-refractivity contribution in [2.24, 2.45) is 0 Å². The molecule has 0 radical (unpaired) electrons. The molecule has 0 bridgehead atoms. The van der Waals surface area contributed by atoms with Crippen molar-refractivity contribution < 1.29 is 9.18 Å². The van der Waals surface area contributed by atoms with Crippen molar-refractivity contribution in [1.29, 1.82) is 0 Å². The molecule has 22 heavy (non-hydrogen) atoms. The average molecular weight is 296 g/mol. The summed E-state index contributed by atoms with van der Waals surface area (Å²) >= 11 is 0. The predicted octanol–water partition coefficient (Wildman–Crippen LogP) is 3.67. The van der Waals surface area contributed by atoms with Crippen LogP contribution in [0.4, 0.5) is 4.39 Å². The molecule has 2 aromatic carbocycles. The van der Waals surface area contributed by atoms with Crippen molar-refractivity contribution in [2.45, 2.75) is 12.8 Å². The molecule has 0 fully saturated rings. The van der Waals surface area contributed by atoms with Gasteiger partial charge in [0.1, 0.15) is 11.5 Å². The topological polar surface area (TPSA) is 44.9 Å². The lowest BCUT2D eigenvalue weighted by molar-refractivity contribution is 0.0949. The van der Waals surface area contributed by atoms with Crippen molar-refractivity contribution in [3.8, 4) is 0 Å². The Labute approximate surface area is 128 Å². The lowest BCUT2D eigenvalue weighted by Crippen LogP contribution is -2.25. The smallest absolute Gasteiger partial charge is 0.267 e. The lowest BCUT2D eigenvalue weighted by atomic mass is 10.1. The Hall–Kier alpha value is -2.62. The quantitative estimate of drug-likeness (QED) is 0.693. The summed E-state index contributed by atoms with van der Waals surface area (Å²) in [6, 6.07) is 16.3. The van der Waals surface area contributed by atoms with Gasteiger partial charge in [-0.1, -0.05) is 30.3 Å². The van der Waals surface area contributed by atoms with Crippen molar-refractivity contribution in [3.63, 3.8) is 0 Å². The highest BCUT2D eigenvalue weighted by Crippen LogP contribution is 2.16. The van der Waals surface area contributed by atoms with E-state index in [4.69, 9.17) is 0 Å². The number of nitrogens with one attached hydrogen (secondary N) is 2. The Bertz CT molecular complexity index is 780. The second kappa shape index (κ2) is 6.43. The molecule has 0 saturated heterocycles. The van der Waals surface area contributed by atoms with Gasteiger partial charge in [-0.3, -0.25) is 4.79 Å². The van der Waals surface area contributed by atoms with Crippen molar-refractivity contribution in [1.82, 2.24) is 10.3 Å². The SMILES string of the molecule is O=C(NCCCc1ccccc1)c1cc2cc(F)ccc2[nH]1. The van der Waals surface area contributed by atoms with Crippen molar-refractivity contribution in [3.05, 3.63) is 71.7 Å². The van der Waals surface area contributed by atoms with Gasteiger partial charge in [-0.05, 0) is 42.7 Å². The van der Waals surface area contributed by atoms with Gasteiger partial charge in [-0.25, -0.2) is 4.39 Å². The number of aromatic nitrogens is 1. The molecule has 3 aromatic rings. The Morgan fingerprint density at radius 3 is 2.73 bits per heavy atom. The molecule has 0 unspecified atom stereocenters. The Balaban J connectivity index is 1.54. The maximum Gasteiger partial charge on any atom is 0.267 e. The summed E-state index contributed by atoms with van der Waals surface area (Å²) in [5, 5.41) is 3.58. The zero-order valence-corrected chi connectivity index (χ0v) is 12.1. The van der Waals surface area contributed by atoms with E-state index in [0.29, 0.717) is 17.6 Å². The Morgan fingerprint density at radius 1 is 1.09 bits per heavy atom. The predicted molar refractivity (Wildman–Crippen MR) is 85.4 cm³/mol. The van der Waals surface area contributed by atoms with E-state index >= 15 is 0 Å². The van der Waals surface area contributed by atoms with Gasteiger partial charge in [0.05, 0.1) is 0 Å². The first-order valence-electron chi connectivity index (χ1n) is 7.33. The van der Waals surface area contributed by atoms with E-state index in [1.54, 1.807) is 12.1 Å². The fourth-order valence-electron chi connectivity index (χ4n) is 2.46. The lowest BCUT2D eigenvalue weighted by Gasteiger charge is -2.04. The number of hydrogen-bond acceptors (Lipinski definition) is 1. The molecule has 0 saturated carbocycles. The van der Waals surface area contributed by atoms with E-state index in [1.165, 1.54) is 17.7 Å². The Kier molecular flexibility index (Phi) is 4.19. The largest absolute Gasteiger partial charge is 0.351 e. The minimum atomic E-state index is -0.304. The van der Waals surface area contributed by atoms with Gasteiger partial charge in [0.15, 0.2) is 0 Å². The second-order valence-corrected chi connectivity index (χ2v) is 5.26. The molecule has 1 heterocycles. The first kappa shape index (κ1) is 14.3. The van der Waals surface area contributed by atoms with Gasteiger partial charge in [0.25, 0.3) is 5.91 Å². The molecule has 3 nitrogen and oxygen atoms in total. The molecule has 0 aliphatic rings. The highest BCUT2D eigenvalue weighted by molar-refractivity contribution is 5.97. The normalized spacial score (nSPS) is 10.8. The molecular formula is C18H17FN2O. The Morgan fingerprint density at radius 2 is 1.91 bits per heavy atom. The van der Waals surface area contributed by atoms with Crippen LogP contribution in [0, 0.1) is 5.82 Å². The van der Waals surface area contributed by atoms with Crippen LogP contribution in [0.3, 0.4) is 0 Å². The van der Waals surface area contributed by atoms with Crippen LogP contribution in [0.15, 0.2) is 54.6 Å². The van der Waals surface area contributed by atoms with Crippen LogP contribution in [-0.2, 0) is 6.42 Å². The number of rotatable bonds is 5. The number of amides is 1. The molecule has 0 atom stereocenters. The number of halogens is 1. The van der Waals surface area contributed by atoms with E-state index < -0.39 is 0 Å². The van der Waals surface area contributed by atoms with Gasteiger partial charge < -0.3 is 10.3 Å². The van der Waals surface area contributed by atoms with Crippen LogP contribution in [0.5, 0.6) is 0 Å². The standard InChI is InChI=1S/C18H17FN2O/c19-15-8-9-16-14(11-15)12-17(21-16)18(22)20-10-4-7-13-5-2-1-3-6-13/h1-3,5-6,8-9,11-12,21H,4,7,10H2,(H,20,22). The average Bonchev–Trinajstić information content (AvgIpc) is 2.95. The van der Waals surface area contributed by atoms with Gasteiger partial charge >= 0.3 is 0 Å². The number of carbonyl (C=O) groups excluding carboxylic acids is 1. The van der Waals surface area contributed by atoms with Gasteiger partial charge in [0, 0.05) is 17.4 Å². The van der Waals surface area contributed by atoms with Crippen molar-refractivity contribution >= 4 is 16.8 Å². The molecule has 4 heteroatoms. The molecule has 112 valence electrons. The minimum absolute atomic E-state index is 0.162. The summed E-state index contributed by atoms with van der Waals surface area (Å²) in [5.74, 6) is -0.467. The summed E-state index contributed by atoms with van der Waals surface area (Å²) in [7, 11) is 0. The molecule has 3 rings (SSSR count). The van der Waals surface area contributed by atoms with Crippen molar-refractivity contribution in [2.75, 3.05) is 6.54 Å². The number of aromatic amines is 1. The fourth-order valence-corrected chi connectivity index (χ4v) is 2.46. The number of carbonyl (C=O) groups is 1. The maximum absolute atomic E-state index is 13.1. The number of benzene rings is 2. The third-order valence-corrected chi connectivity index (χ3v) is 3.60. The second-order valence-electron chi connectivity index (χ2n) is 5.26. The summed E-state index contributed by atoms with van der Waals surface area (Å²) in [5.41, 5.74) is 2.48. The molecular weight excluding hydrogens is 279 g/mol. The van der Waals surface area contributed by atoms with Gasteiger partial charge in [-0.2, -0.15) is 0 Å². The third-order valence-electron chi connectivity index (χ3n) is 3.60. The van der Waals surface area contributed by atoms with Crippen LogP contribution in [0.25, 0.3) is 10.9 Å². The highest BCUT2D eigenvalue weighted by atomic mass is 19.1. The van der Waals surface area contributed by atoms with Crippen LogP contribution < -0.4 is 5.32 Å². The van der Waals surface area contributed by atoms with E-state index in [9.17, 15) is 9.18 Å². The van der Waals surface area contributed by atoms with Crippen LogP contribution in [0.2, 0.25) is 0 Å². The first-order valence-corrected chi connectivity index (χ1v) is 7.33. The van der Waals surface area contributed by atoms with Gasteiger partial charge in [-0.15, -0.1) is 0 Å². The zero-order chi connectivity index (χ0) is 15.4. The number of aryl methyl sites for hydroxylation is 1. The highest BCUT2D eigenvalue weighted by Gasteiger charge is 2.09. The number of H-pyrrole nitrogens is 1. The number of hydrogen-bond donors (Lipinski definition) is 2. The van der Waals surface area contributed by atoms with Crippen LogP contribution >= 0.6 is 0 Å². The van der Waals surface area contributed by atoms with E-state index in [2.05, 4.69) is 22.4 Å². The fraction of sp³-hybridized carbons (Fsp3) is 0.167. The molecule has 1 aromatic heterocycles. The molecule has 0 aliphatic carbocycles. The maximum atomic E-state index is 13.1. The summed E-state index contributed by atoms with van der Waals surface area (Å²) in [4.78, 5) is 15.1. The summed E-state index contributed by atoms with van der Waals surface area (Å²) in [6.07, 6.45) is 1.81. The molecule has 1 amide bonds. The third kappa shape index (κ3) is 3.34. The zero-order valence-electron chi connectivity index (χ0n) is 12.1. The van der Waals surface area contributed by atoms with Crippen LogP contribution in [-0.4, -0.2) is 17.4 Å². The van der Waals surface area contributed by atoms with E-state index in [1.807, 2.05) is 18.2 Å². The van der Waals surface area contributed by atoms with E-state index in [-0.39, 0.29) is 11.7 Å². The summed E-state index contributed by atoms with van der Waals surface area (Å²) < 4.78 is 13.1. The van der Waals surface area contributed by atoms with Crippen LogP contribution in [0.1, 0.15) is 22.5 Å². The number of fused-ring (bicyclic) bond motifs is 1. The van der Waals surface area contributed by atoms with Gasteiger partial charge in [0.2, 0.25) is 0 Å². The van der Waals surface area contributed by atoms with E-state index in [0.717, 1.165) is 18.4 Å².